The van der Waals surface area contributed by atoms with E-state index in [-0.39, 0.29) is 24.0 Å². The number of nitrogens with zero attached hydrogens (tertiary/aromatic N) is 2. The van der Waals surface area contributed by atoms with E-state index in [9.17, 15) is 4.79 Å². The molecule has 0 spiro atoms. The zero-order chi connectivity index (χ0) is 20.6. The molecule has 10 heteroatoms. The molecule has 2 aromatic rings. The number of carbonyl (C=O) groups excluding carboxylic acids is 1. The van der Waals surface area contributed by atoms with Crippen LogP contribution in [0.3, 0.4) is 0 Å². The highest BCUT2D eigenvalue weighted by Gasteiger charge is 2.15. The Hall–Kier alpha value is -1.40. The molecule has 0 bridgehead atoms. The van der Waals surface area contributed by atoms with Crippen LogP contribution in [-0.4, -0.2) is 49.3 Å². The van der Waals surface area contributed by atoms with Crippen molar-refractivity contribution >= 4 is 58.7 Å². The van der Waals surface area contributed by atoms with Gasteiger partial charge in [0.05, 0.1) is 15.6 Å². The molecule has 2 heterocycles. The Morgan fingerprint density at radius 1 is 1.17 bits per heavy atom. The fourth-order valence-electron chi connectivity index (χ4n) is 2.31. The summed E-state index contributed by atoms with van der Waals surface area (Å²) in [6.07, 6.45) is 0.492. The largest absolute Gasteiger partial charge is 0.444 e. The van der Waals surface area contributed by atoms with Gasteiger partial charge in [0, 0.05) is 36.9 Å². The number of amides is 1. The maximum atomic E-state index is 11.6. The van der Waals surface area contributed by atoms with Gasteiger partial charge >= 0.3 is 6.09 Å². The Kier molecular flexibility index (Phi) is 10.9. The average molecular weight is 552 g/mol. The summed E-state index contributed by atoms with van der Waals surface area (Å²) >= 11 is 3.44. The predicted octanol–water partition coefficient (Wildman–Crippen LogP) is 4.03. The van der Waals surface area contributed by atoms with Crippen molar-refractivity contribution in [1.82, 2.24) is 20.9 Å². The topological polar surface area (TPSA) is 87.6 Å². The van der Waals surface area contributed by atoms with Crippen LogP contribution >= 0.6 is 46.7 Å². The molecule has 0 radical (unpaired) electrons. The number of carbonyl (C=O) groups is 1. The van der Waals surface area contributed by atoms with E-state index >= 15 is 0 Å². The van der Waals surface area contributed by atoms with Gasteiger partial charge in [0.1, 0.15) is 5.60 Å². The second kappa shape index (κ2) is 12.3. The molecule has 0 saturated heterocycles. The van der Waals surface area contributed by atoms with E-state index < -0.39 is 11.7 Å². The molecule has 162 valence electrons. The third kappa shape index (κ3) is 9.77. The van der Waals surface area contributed by atoms with Crippen molar-refractivity contribution in [2.75, 3.05) is 26.7 Å². The Balaban J connectivity index is 0.00000420. The third-order valence-electron chi connectivity index (χ3n) is 3.51. The molecule has 1 amide bonds. The molecule has 0 atom stereocenters. The normalized spacial score (nSPS) is 11.6. The number of rotatable bonds is 7. The van der Waals surface area contributed by atoms with Gasteiger partial charge in [-0.2, -0.15) is 0 Å². The van der Waals surface area contributed by atoms with Crippen LogP contribution in [0, 0.1) is 6.92 Å². The van der Waals surface area contributed by atoms with Crippen molar-refractivity contribution in [3.05, 3.63) is 27.4 Å². The number of ether oxygens (including phenoxy) is 1. The third-order valence-corrected chi connectivity index (χ3v) is 5.45. The highest BCUT2D eigenvalue weighted by molar-refractivity contribution is 14.0. The molecular weight excluding hydrogens is 521 g/mol. The summed E-state index contributed by atoms with van der Waals surface area (Å²) in [6, 6.07) is 4.28. The lowest BCUT2D eigenvalue weighted by molar-refractivity contribution is 0.0529. The first-order valence-corrected chi connectivity index (χ1v) is 10.9. The molecule has 0 saturated carbocycles. The number of hydrogen-bond acceptors (Lipinski definition) is 6. The van der Waals surface area contributed by atoms with E-state index in [1.54, 1.807) is 29.7 Å². The molecule has 0 aliphatic carbocycles. The van der Waals surface area contributed by atoms with E-state index in [2.05, 4.69) is 43.4 Å². The molecule has 0 unspecified atom stereocenters. The van der Waals surface area contributed by atoms with Crippen LogP contribution in [0.2, 0.25) is 0 Å². The SMILES string of the molecule is CN=C(NCCNC(=O)OC(C)(C)C)NCCc1ccc(-c2csc(C)n2)s1.I. The van der Waals surface area contributed by atoms with Crippen molar-refractivity contribution in [2.45, 2.75) is 39.7 Å². The summed E-state index contributed by atoms with van der Waals surface area (Å²) in [7, 11) is 1.73. The van der Waals surface area contributed by atoms with Gasteiger partial charge in [-0.3, -0.25) is 4.99 Å². The zero-order valence-corrected chi connectivity index (χ0v) is 21.5. The first-order chi connectivity index (χ1) is 13.3. The van der Waals surface area contributed by atoms with E-state index in [0.29, 0.717) is 19.0 Å². The molecule has 3 N–H and O–H groups in total. The minimum atomic E-state index is -0.491. The van der Waals surface area contributed by atoms with Gasteiger partial charge in [-0.25, -0.2) is 9.78 Å². The minimum absolute atomic E-state index is 0. The summed E-state index contributed by atoms with van der Waals surface area (Å²) in [5.74, 6) is 0.706. The molecule has 0 aliphatic rings. The van der Waals surface area contributed by atoms with Crippen molar-refractivity contribution < 1.29 is 9.53 Å². The van der Waals surface area contributed by atoms with Gasteiger partial charge < -0.3 is 20.7 Å². The van der Waals surface area contributed by atoms with Crippen molar-refractivity contribution in [2.24, 2.45) is 4.99 Å². The number of aliphatic imine (C=N–C) groups is 1. The summed E-state index contributed by atoms with van der Waals surface area (Å²) < 4.78 is 5.19. The standard InChI is InChI=1S/C19H29N5O2S2.HI/c1-13-24-15(12-27-13)16-7-6-14(28-16)8-9-21-17(20-5)22-10-11-23-18(25)26-19(2,3)4;/h6-7,12H,8-11H2,1-5H3,(H,23,25)(H2,20,21,22);1H. The van der Waals surface area contributed by atoms with Crippen molar-refractivity contribution in [3.8, 4) is 10.6 Å². The Morgan fingerprint density at radius 2 is 1.86 bits per heavy atom. The molecule has 0 fully saturated rings. The second-order valence-corrected chi connectivity index (χ2v) is 9.35. The van der Waals surface area contributed by atoms with Gasteiger partial charge in [0.25, 0.3) is 0 Å². The molecular formula is C19H30IN5O2S2. The van der Waals surface area contributed by atoms with Crippen LogP contribution in [-0.2, 0) is 11.2 Å². The first kappa shape index (κ1) is 25.6. The van der Waals surface area contributed by atoms with E-state index in [4.69, 9.17) is 4.74 Å². The Morgan fingerprint density at radius 3 is 2.48 bits per heavy atom. The number of thiophene rings is 1. The lowest BCUT2D eigenvalue weighted by Crippen LogP contribution is -2.42. The maximum absolute atomic E-state index is 11.6. The number of aromatic nitrogens is 1. The average Bonchev–Trinajstić information content (AvgIpc) is 3.24. The summed E-state index contributed by atoms with van der Waals surface area (Å²) in [4.78, 5) is 22.8. The number of aryl methyl sites for hydroxylation is 1. The second-order valence-electron chi connectivity index (χ2n) is 7.12. The minimum Gasteiger partial charge on any atom is -0.444 e. The van der Waals surface area contributed by atoms with Crippen LogP contribution < -0.4 is 16.0 Å². The predicted molar refractivity (Wildman–Crippen MR) is 133 cm³/mol. The Labute approximate surface area is 197 Å². The maximum Gasteiger partial charge on any atom is 0.407 e. The summed E-state index contributed by atoms with van der Waals surface area (Å²) in [5.41, 5.74) is 0.566. The van der Waals surface area contributed by atoms with Gasteiger partial charge in [0.15, 0.2) is 5.96 Å². The molecule has 0 aromatic carbocycles. The molecule has 29 heavy (non-hydrogen) atoms. The highest BCUT2D eigenvalue weighted by Crippen LogP contribution is 2.29. The lowest BCUT2D eigenvalue weighted by atomic mass is 10.2. The summed E-state index contributed by atoms with van der Waals surface area (Å²) in [6.45, 7) is 9.33. The number of thiazole rings is 1. The molecule has 0 aliphatic heterocycles. The zero-order valence-electron chi connectivity index (χ0n) is 17.5. The quantitative estimate of drug-likeness (QED) is 0.209. The van der Waals surface area contributed by atoms with Crippen molar-refractivity contribution in [1.29, 1.82) is 0 Å². The summed E-state index contributed by atoms with van der Waals surface area (Å²) in [5, 5.41) is 12.4. The first-order valence-electron chi connectivity index (χ1n) is 9.19. The van der Waals surface area contributed by atoms with Crippen LogP contribution in [0.1, 0.15) is 30.7 Å². The van der Waals surface area contributed by atoms with E-state index in [1.807, 2.05) is 27.7 Å². The van der Waals surface area contributed by atoms with Crippen LogP contribution in [0.15, 0.2) is 22.5 Å². The number of halogens is 1. The smallest absolute Gasteiger partial charge is 0.407 e. The van der Waals surface area contributed by atoms with Gasteiger partial charge in [-0.1, -0.05) is 0 Å². The molecule has 2 rings (SSSR count). The fourth-order valence-corrected chi connectivity index (χ4v) is 3.97. The lowest BCUT2D eigenvalue weighted by Gasteiger charge is -2.19. The van der Waals surface area contributed by atoms with Crippen LogP contribution in [0.25, 0.3) is 10.6 Å². The van der Waals surface area contributed by atoms with E-state index in [0.717, 1.165) is 23.7 Å². The molecule has 2 aromatic heterocycles. The monoisotopic (exact) mass is 551 g/mol. The van der Waals surface area contributed by atoms with Crippen LogP contribution in [0.5, 0.6) is 0 Å². The van der Waals surface area contributed by atoms with Crippen molar-refractivity contribution in [3.63, 3.8) is 0 Å². The fraction of sp³-hybridized carbons (Fsp3) is 0.526. The van der Waals surface area contributed by atoms with Gasteiger partial charge in [-0.05, 0) is 46.2 Å². The Bertz CT molecular complexity index is 799. The molecule has 7 nitrogen and oxygen atoms in total. The van der Waals surface area contributed by atoms with Crippen LogP contribution in [0.4, 0.5) is 4.79 Å². The number of nitrogens with one attached hydrogen (secondary N) is 3. The van der Waals surface area contributed by atoms with Gasteiger partial charge in [-0.15, -0.1) is 46.7 Å². The highest BCUT2D eigenvalue weighted by atomic mass is 127. The number of hydrogen-bond donors (Lipinski definition) is 3. The number of guanidine groups is 1. The van der Waals surface area contributed by atoms with Gasteiger partial charge in [0.2, 0.25) is 0 Å². The number of alkyl carbamates (subject to hydrolysis) is 1. The van der Waals surface area contributed by atoms with E-state index in [1.165, 1.54) is 9.75 Å².